The number of para-hydroxylation sites is 2. The fraction of sp³-hybridized carbons (Fsp3) is 0.235. The molecule has 1 unspecified atom stereocenters. The van der Waals surface area contributed by atoms with Crippen LogP contribution >= 0.6 is 35.6 Å². The number of ether oxygens (including phenoxy) is 1. The van der Waals surface area contributed by atoms with Crippen LogP contribution in [0.25, 0.3) is 0 Å². The van der Waals surface area contributed by atoms with Gasteiger partial charge in [-0.3, -0.25) is 14.3 Å². The van der Waals surface area contributed by atoms with Crippen molar-refractivity contribution in [3.63, 3.8) is 0 Å². The van der Waals surface area contributed by atoms with E-state index in [-0.39, 0.29) is 45.2 Å². The van der Waals surface area contributed by atoms with Crippen molar-refractivity contribution >= 4 is 63.1 Å². The maximum atomic E-state index is 13.3. The maximum absolute atomic E-state index is 13.3. The minimum atomic E-state index is -4.07. The zero-order valence-corrected chi connectivity index (χ0v) is 28.4. The second-order valence-electron chi connectivity index (χ2n) is 11.0. The number of carbonyl (C=O) groups excluding carboxylic acids is 2. The third kappa shape index (κ3) is 10.1. The molecule has 1 atom stereocenters. The van der Waals surface area contributed by atoms with Gasteiger partial charge in [-0.1, -0.05) is 65.7 Å². The van der Waals surface area contributed by atoms with E-state index in [9.17, 15) is 18.0 Å². The molecule has 0 bridgehead atoms. The van der Waals surface area contributed by atoms with Crippen LogP contribution in [0.4, 0.5) is 5.69 Å². The number of hydrogen-bond acceptors (Lipinski definition) is 6. The Balaban J connectivity index is 0.00000500. The van der Waals surface area contributed by atoms with Gasteiger partial charge in [0.1, 0.15) is 11.8 Å². The largest absolute Gasteiger partial charge is 0.454 e. The van der Waals surface area contributed by atoms with E-state index >= 15 is 0 Å². The number of nitrogens with one attached hydrogen (secondary N) is 4. The molecule has 1 aliphatic heterocycles. The second-order valence-corrected chi connectivity index (χ2v) is 13.5. The van der Waals surface area contributed by atoms with Crippen LogP contribution in [0.2, 0.25) is 10.0 Å². The fourth-order valence-electron chi connectivity index (χ4n) is 5.06. The molecular formula is C34H35Cl3N4O5S. The minimum Gasteiger partial charge on any atom is -0.454 e. The third-order valence-corrected chi connectivity index (χ3v) is 9.51. The summed E-state index contributed by atoms with van der Waals surface area (Å²) >= 11 is 12.2. The summed E-state index contributed by atoms with van der Waals surface area (Å²) in [7, 11) is -4.07. The van der Waals surface area contributed by atoms with Crippen molar-refractivity contribution in [1.82, 2.24) is 16.0 Å². The monoisotopic (exact) mass is 716 g/mol. The van der Waals surface area contributed by atoms with Crippen LogP contribution in [-0.2, 0) is 21.2 Å². The lowest BCUT2D eigenvalue weighted by Crippen LogP contribution is -2.49. The van der Waals surface area contributed by atoms with Crippen LogP contribution in [0.3, 0.4) is 0 Å². The lowest BCUT2D eigenvalue weighted by atomic mass is 9.98. The molecule has 0 spiro atoms. The predicted octanol–water partition coefficient (Wildman–Crippen LogP) is 6.47. The number of hydrogen-bond donors (Lipinski definition) is 4. The standard InChI is InChI=1S/C34H34Cl2N4O5S.ClH/c35-26-12-15-31(28(36)21-26)45-32-9-5-4-8-29(32)40-46(43,44)27-13-10-25(11-14-27)33(41)39-30(20-23-6-2-1-3-7-23)34(42)38-22-24-16-18-37-19-17-24;/h1-15,21,24,30,37,40H,16-20,22H2,(H,38,42)(H,39,41);1H. The highest BCUT2D eigenvalue weighted by Gasteiger charge is 2.24. The molecule has 0 aliphatic carbocycles. The Morgan fingerprint density at radius 3 is 2.26 bits per heavy atom. The first-order valence-corrected chi connectivity index (χ1v) is 17.1. The molecule has 4 aromatic rings. The summed E-state index contributed by atoms with van der Waals surface area (Å²) in [6.07, 6.45) is 2.27. The van der Waals surface area contributed by atoms with Crippen molar-refractivity contribution in [3.8, 4) is 11.5 Å². The van der Waals surface area contributed by atoms with Gasteiger partial charge in [0.15, 0.2) is 5.75 Å². The first kappa shape index (κ1) is 36.0. The average molecular weight is 718 g/mol. The molecule has 4 N–H and O–H groups in total. The molecule has 1 heterocycles. The molecular weight excluding hydrogens is 683 g/mol. The molecule has 9 nitrogen and oxygen atoms in total. The SMILES string of the molecule is Cl.O=C(NC(Cc1ccccc1)C(=O)NCC1CCNCC1)c1ccc(S(=O)(=O)Nc2ccccc2Oc2ccc(Cl)cc2Cl)cc1. The first-order chi connectivity index (χ1) is 22.2. The molecule has 2 amide bonds. The van der Waals surface area contributed by atoms with E-state index in [0.717, 1.165) is 31.5 Å². The van der Waals surface area contributed by atoms with Crippen LogP contribution in [-0.4, -0.2) is 45.9 Å². The highest BCUT2D eigenvalue weighted by Crippen LogP contribution is 2.35. The van der Waals surface area contributed by atoms with Crippen molar-refractivity contribution in [2.75, 3.05) is 24.4 Å². The molecule has 0 saturated carbocycles. The molecule has 5 rings (SSSR count). The molecule has 47 heavy (non-hydrogen) atoms. The van der Waals surface area contributed by atoms with E-state index in [2.05, 4.69) is 20.7 Å². The van der Waals surface area contributed by atoms with Crippen LogP contribution < -0.4 is 25.4 Å². The summed E-state index contributed by atoms with van der Waals surface area (Å²) in [6.45, 7) is 2.39. The minimum absolute atomic E-state index is 0. The van der Waals surface area contributed by atoms with Crippen molar-refractivity contribution in [2.45, 2.75) is 30.2 Å². The number of piperidine rings is 1. The number of anilines is 1. The van der Waals surface area contributed by atoms with E-state index < -0.39 is 22.0 Å². The van der Waals surface area contributed by atoms with Gasteiger partial charge in [0.2, 0.25) is 5.91 Å². The van der Waals surface area contributed by atoms with Gasteiger partial charge in [-0.15, -0.1) is 12.4 Å². The zero-order valence-electron chi connectivity index (χ0n) is 25.2. The summed E-state index contributed by atoms with van der Waals surface area (Å²) in [5.74, 6) is 0.163. The Hall–Kier alpha value is -3.80. The van der Waals surface area contributed by atoms with E-state index in [0.29, 0.717) is 29.7 Å². The van der Waals surface area contributed by atoms with Crippen molar-refractivity contribution in [2.24, 2.45) is 5.92 Å². The molecule has 0 aromatic heterocycles. The summed E-state index contributed by atoms with van der Waals surface area (Å²) in [5, 5.41) is 9.88. The smallest absolute Gasteiger partial charge is 0.262 e. The van der Waals surface area contributed by atoms with Crippen molar-refractivity contribution < 1.29 is 22.7 Å². The first-order valence-electron chi connectivity index (χ1n) is 14.9. The second kappa shape index (κ2) is 16.9. The van der Waals surface area contributed by atoms with Crippen molar-refractivity contribution in [1.29, 1.82) is 0 Å². The molecule has 1 fully saturated rings. The lowest BCUT2D eigenvalue weighted by Gasteiger charge is -2.24. The van der Waals surface area contributed by atoms with Crippen LogP contribution in [0, 0.1) is 5.92 Å². The third-order valence-electron chi connectivity index (χ3n) is 7.60. The van der Waals surface area contributed by atoms with Crippen molar-refractivity contribution in [3.05, 3.63) is 118 Å². The molecule has 13 heteroatoms. The predicted molar refractivity (Wildman–Crippen MR) is 187 cm³/mol. The normalized spacial score (nSPS) is 13.9. The Kier molecular flexibility index (Phi) is 12.9. The summed E-state index contributed by atoms with van der Waals surface area (Å²) in [6, 6.07) is 25.4. The van der Waals surface area contributed by atoms with Gasteiger partial charge in [-0.2, -0.15) is 0 Å². The maximum Gasteiger partial charge on any atom is 0.262 e. The van der Waals surface area contributed by atoms with Gasteiger partial charge in [0.25, 0.3) is 15.9 Å². The zero-order chi connectivity index (χ0) is 32.5. The Bertz CT molecular complexity index is 1770. The Morgan fingerprint density at radius 1 is 0.872 bits per heavy atom. The molecule has 1 saturated heterocycles. The molecule has 1 aliphatic rings. The molecule has 4 aromatic carbocycles. The number of sulfonamides is 1. The van der Waals surface area contributed by atoms with Crippen LogP contribution in [0.5, 0.6) is 11.5 Å². The highest BCUT2D eigenvalue weighted by atomic mass is 35.5. The summed E-state index contributed by atoms with van der Waals surface area (Å²) in [5.41, 5.74) is 1.30. The van der Waals surface area contributed by atoms with E-state index in [4.69, 9.17) is 27.9 Å². The average Bonchev–Trinajstić information content (AvgIpc) is 3.06. The topological polar surface area (TPSA) is 126 Å². The number of benzene rings is 4. The van der Waals surface area contributed by atoms with Crippen LogP contribution in [0.1, 0.15) is 28.8 Å². The van der Waals surface area contributed by atoms with Crippen LogP contribution in [0.15, 0.2) is 102 Å². The van der Waals surface area contributed by atoms with Gasteiger partial charge in [0.05, 0.1) is 15.6 Å². The molecule has 0 radical (unpaired) electrons. The summed E-state index contributed by atoms with van der Waals surface area (Å²) in [4.78, 5) is 26.4. The Labute approximate surface area is 290 Å². The summed E-state index contributed by atoms with van der Waals surface area (Å²) < 4.78 is 35.0. The van der Waals surface area contributed by atoms with Gasteiger partial charge < -0.3 is 20.7 Å². The van der Waals surface area contributed by atoms with Gasteiger partial charge in [-0.25, -0.2) is 8.42 Å². The quantitative estimate of drug-likeness (QED) is 0.133. The fourth-order valence-corrected chi connectivity index (χ4v) is 6.58. The Morgan fingerprint density at radius 2 is 1.55 bits per heavy atom. The van der Waals surface area contributed by atoms with Gasteiger partial charge >= 0.3 is 0 Å². The number of carbonyl (C=O) groups is 2. The lowest BCUT2D eigenvalue weighted by molar-refractivity contribution is -0.123. The number of rotatable bonds is 12. The van der Waals surface area contributed by atoms with Gasteiger partial charge in [-0.05, 0) is 92.0 Å². The van der Waals surface area contributed by atoms with E-state index in [1.807, 2.05) is 30.3 Å². The molecule has 248 valence electrons. The highest BCUT2D eigenvalue weighted by molar-refractivity contribution is 7.92. The van der Waals surface area contributed by atoms with E-state index in [1.54, 1.807) is 36.4 Å². The number of halogens is 3. The van der Waals surface area contributed by atoms with E-state index in [1.165, 1.54) is 30.3 Å². The number of amides is 2. The van der Waals surface area contributed by atoms with Gasteiger partial charge in [0, 0.05) is 23.6 Å².